The summed E-state index contributed by atoms with van der Waals surface area (Å²) in [4.78, 5) is 29.2. The average molecular weight is 540 g/mol. The number of hydrogen-bond acceptors (Lipinski definition) is 5. The maximum absolute atomic E-state index is 13.5. The molecule has 5 aliphatic rings. The summed E-state index contributed by atoms with van der Waals surface area (Å²) in [6.07, 6.45) is 13.3. The largest absolute Gasteiger partial charge is 0.482 e. The lowest BCUT2D eigenvalue weighted by atomic mass is 9.52. The Morgan fingerprint density at radius 1 is 0.950 bits per heavy atom. The van der Waals surface area contributed by atoms with Crippen LogP contribution in [0, 0.1) is 29.6 Å². The maximum Gasteiger partial charge on any atom is 0.314 e. The Labute approximate surface area is 238 Å². The molecule has 4 fully saturated rings. The van der Waals surface area contributed by atoms with E-state index in [0.29, 0.717) is 34.5 Å². The number of nitrogens with zero attached hydrogens (tertiary/aromatic N) is 1. The fourth-order valence-corrected chi connectivity index (χ4v) is 7.85. The Morgan fingerprint density at radius 2 is 1.60 bits per heavy atom. The summed E-state index contributed by atoms with van der Waals surface area (Å²) in [7, 11) is 0. The van der Waals surface area contributed by atoms with E-state index in [2.05, 4.69) is 30.9 Å². The highest BCUT2D eigenvalue weighted by Crippen LogP contribution is 2.57. The molecule has 4 bridgehead atoms. The number of benzene rings is 2. The van der Waals surface area contributed by atoms with Gasteiger partial charge in [-0.3, -0.25) is 9.59 Å². The predicted octanol–water partition coefficient (Wildman–Crippen LogP) is 7.59. The van der Waals surface area contributed by atoms with Gasteiger partial charge in [-0.2, -0.15) is 0 Å². The van der Waals surface area contributed by atoms with Crippen LogP contribution in [0.1, 0.15) is 81.3 Å². The van der Waals surface area contributed by atoms with E-state index in [1.165, 1.54) is 37.8 Å². The number of rotatable bonds is 8. The molecule has 40 heavy (non-hydrogen) atoms. The molecule has 5 heteroatoms. The zero-order chi connectivity index (χ0) is 28.0. The summed E-state index contributed by atoms with van der Waals surface area (Å²) >= 11 is 0. The number of esters is 1. The third-order valence-corrected chi connectivity index (χ3v) is 9.60. The number of ether oxygens (including phenoxy) is 2. The van der Waals surface area contributed by atoms with Crippen LogP contribution in [-0.4, -0.2) is 30.4 Å². The van der Waals surface area contributed by atoms with Gasteiger partial charge < -0.3 is 14.4 Å². The zero-order valence-electron chi connectivity index (χ0n) is 24.2. The smallest absolute Gasteiger partial charge is 0.314 e. The van der Waals surface area contributed by atoms with E-state index in [9.17, 15) is 9.59 Å². The molecule has 0 aromatic heterocycles. The fourth-order valence-electron chi connectivity index (χ4n) is 7.85. The van der Waals surface area contributed by atoms with Gasteiger partial charge in [0, 0.05) is 18.8 Å². The lowest BCUT2D eigenvalue weighted by Gasteiger charge is -2.53. The van der Waals surface area contributed by atoms with E-state index in [4.69, 9.17) is 9.47 Å². The summed E-state index contributed by atoms with van der Waals surface area (Å²) < 4.78 is 12.4. The van der Waals surface area contributed by atoms with Crippen molar-refractivity contribution in [3.05, 3.63) is 65.2 Å². The molecule has 2 aromatic carbocycles. The molecule has 0 spiro atoms. The number of hydrogen-bond donors (Lipinski definition) is 0. The lowest BCUT2D eigenvalue weighted by Crippen LogP contribution is -2.49. The van der Waals surface area contributed by atoms with Crippen molar-refractivity contribution in [2.75, 3.05) is 18.0 Å². The van der Waals surface area contributed by atoms with Gasteiger partial charge >= 0.3 is 5.97 Å². The van der Waals surface area contributed by atoms with Crippen LogP contribution >= 0.6 is 0 Å². The van der Waals surface area contributed by atoms with Gasteiger partial charge in [0.15, 0.2) is 5.78 Å². The SMILES string of the molecule is CCN(CC)c1ccc(/C=C/C(=O)c2ccc(OC(=O)C3C4C[C@H]5C[C@@H](C4)C[C@@H]3C5)c3c2OC(C)(C)C=C3)cc1. The lowest BCUT2D eigenvalue weighted by molar-refractivity contribution is -0.152. The van der Waals surface area contributed by atoms with Gasteiger partial charge in [0.05, 0.1) is 17.0 Å². The van der Waals surface area contributed by atoms with Crippen LogP contribution in [0.3, 0.4) is 0 Å². The van der Waals surface area contributed by atoms with Crippen LogP contribution in [0.5, 0.6) is 11.5 Å². The van der Waals surface area contributed by atoms with E-state index in [1.54, 1.807) is 18.2 Å². The molecule has 0 unspecified atom stereocenters. The molecule has 0 atom stereocenters. The summed E-state index contributed by atoms with van der Waals surface area (Å²) in [6, 6.07) is 11.7. The monoisotopic (exact) mass is 539 g/mol. The Hall–Kier alpha value is -3.34. The Bertz CT molecular complexity index is 1320. The van der Waals surface area contributed by atoms with Gasteiger partial charge in [-0.15, -0.1) is 0 Å². The molecule has 7 rings (SSSR count). The van der Waals surface area contributed by atoms with Crippen molar-refractivity contribution in [3.8, 4) is 11.5 Å². The summed E-state index contributed by atoms with van der Waals surface area (Å²) in [6.45, 7) is 10.1. The number of fused-ring (bicyclic) bond motifs is 1. The average Bonchev–Trinajstić information content (AvgIpc) is 2.92. The molecular formula is C35H41NO4. The molecule has 5 nitrogen and oxygen atoms in total. The number of ketones is 1. The zero-order valence-corrected chi connectivity index (χ0v) is 24.2. The molecule has 4 saturated carbocycles. The van der Waals surface area contributed by atoms with Gasteiger partial charge in [0.1, 0.15) is 17.1 Å². The first-order valence-electron chi connectivity index (χ1n) is 15.1. The molecule has 0 N–H and O–H groups in total. The van der Waals surface area contributed by atoms with Crippen molar-refractivity contribution < 1.29 is 19.1 Å². The van der Waals surface area contributed by atoms with E-state index < -0.39 is 5.60 Å². The Morgan fingerprint density at radius 3 is 2.23 bits per heavy atom. The van der Waals surface area contributed by atoms with Gasteiger partial charge in [0.25, 0.3) is 0 Å². The first-order valence-corrected chi connectivity index (χ1v) is 15.1. The molecule has 1 aliphatic heterocycles. The molecule has 1 heterocycles. The van der Waals surface area contributed by atoms with Crippen LogP contribution in [0.25, 0.3) is 12.2 Å². The fraction of sp³-hybridized carbons (Fsp3) is 0.486. The minimum absolute atomic E-state index is 0.00857. The molecule has 4 aliphatic carbocycles. The summed E-state index contributed by atoms with van der Waals surface area (Å²) in [5, 5.41) is 0. The van der Waals surface area contributed by atoms with Crippen LogP contribution in [0.2, 0.25) is 0 Å². The summed E-state index contributed by atoms with van der Waals surface area (Å²) in [5.74, 6) is 3.21. The van der Waals surface area contributed by atoms with E-state index >= 15 is 0 Å². The van der Waals surface area contributed by atoms with Crippen LogP contribution in [-0.2, 0) is 4.79 Å². The molecular weight excluding hydrogens is 498 g/mol. The van der Waals surface area contributed by atoms with Gasteiger partial charge in [-0.25, -0.2) is 0 Å². The van der Waals surface area contributed by atoms with Crippen molar-refractivity contribution in [1.29, 1.82) is 0 Å². The normalized spacial score (nSPS) is 27.4. The van der Waals surface area contributed by atoms with Crippen LogP contribution < -0.4 is 14.4 Å². The van der Waals surface area contributed by atoms with E-state index in [0.717, 1.165) is 30.5 Å². The standard InChI is InChI=1S/C35H41NO4/c1-5-36(6-2)27-10-7-22(8-11-27)9-13-30(37)28-12-14-31(29-15-16-35(3,4)40-33(28)29)39-34(38)32-25-18-23-17-24(20-25)21-26(32)19-23/h7-16,23-26,32H,5-6,17-21H2,1-4H3/b13-9+/t23-,24+,25-,26?,32?. The third kappa shape index (κ3) is 5.11. The Balaban J connectivity index is 1.23. The molecule has 0 radical (unpaired) electrons. The van der Waals surface area contributed by atoms with Crippen molar-refractivity contribution in [2.45, 2.75) is 65.4 Å². The minimum atomic E-state index is -0.573. The van der Waals surface area contributed by atoms with Crippen molar-refractivity contribution >= 4 is 29.6 Å². The van der Waals surface area contributed by atoms with E-state index in [-0.39, 0.29) is 17.7 Å². The second kappa shape index (κ2) is 10.6. The quantitative estimate of drug-likeness (QED) is 0.150. The second-order valence-corrected chi connectivity index (χ2v) is 12.7. The molecule has 210 valence electrons. The minimum Gasteiger partial charge on any atom is -0.482 e. The van der Waals surface area contributed by atoms with E-state index in [1.807, 2.05) is 44.2 Å². The molecule has 2 aromatic rings. The number of anilines is 1. The van der Waals surface area contributed by atoms with Crippen molar-refractivity contribution in [3.63, 3.8) is 0 Å². The highest BCUT2D eigenvalue weighted by atomic mass is 16.5. The number of allylic oxidation sites excluding steroid dienone is 1. The van der Waals surface area contributed by atoms with Gasteiger partial charge in [-0.1, -0.05) is 18.2 Å². The number of carbonyl (C=O) groups excluding carboxylic acids is 2. The Kier molecular flexibility index (Phi) is 7.10. The van der Waals surface area contributed by atoms with Crippen LogP contribution in [0.4, 0.5) is 5.69 Å². The van der Waals surface area contributed by atoms with Crippen LogP contribution in [0.15, 0.2) is 48.6 Å². The first-order chi connectivity index (χ1) is 19.2. The maximum atomic E-state index is 13.5. The second-order valence-electron chi connectivity index (χ2n) is 12.7. The van der Waals surface area contributed by atoms with Gasteiger partial charge in [0.2, 0.25) is 0 Å². The highest BCUT2D eigenvalue weighted by Gasteiger charge is 2.51. The first kappa shape index (κ1) is 26.9. The molecule has 0 saturated heterocycles. The predicted molar refractivity (Wildman–Crippen MR) is 160 cm³/mol. The van der Waals surface area contributed by atoms with Crippen molar-refractivity contribution in [1.82, 2.24) is 0 Å². The molecule has 0 amide bonds. The highest BCUT2D eigenvalue weighted by molar-refractivity contribution is 6.09. The summed E-state index contributed by atoms with van der Waals surface area (Å²) in [5.41, 5.74) is 2.69. The third-order valence-electron chi connectivity index (χ3n) is 9.60. The van der Waals surface area contributed by atoms with Gasteiger partial charge in [-0.05, 0) is 132 Å². The number of carbonyl (C=O) groups is 2. The topological polar surface area (TPSA) is 55.8 Å². The van der Waals surface area contributed by atoms with Crippen molar-refractivity contribution in [2.24, 2.45) is 29.6 Å².